The number of aromatic nitrogens is 3. The third kappa shape index (κ3) is 31.5. The number of aromatic amines is 2. The number of nitrogens with zero attached hydrogens (tertiary/aromatic N) is 6. The van der Waals surface area contributed by atoms with Gasteiger partial charge in [-0.25, -0.2) is 4.98 Å². The van der Waals surface area contributed by atoms with Gasteiger partial charge >= 0.3 is 0 Å². The van der Waals surface area contributed by atoms with Crippen LogP contribution in [-0.2, 0) is 101 Å². The fourth-order valence-corrected chi connectivity index (χ4v) is 17.2. The summed E-state index contributed by atoms with van der Waals surface area (Å²) in [5, 5.41) is 49.4. The number of carbonyl (C=O) groups is 17. The number of primary amides is 1. The lowest BCUT2D eigenvalue weighted by atomic mass is 9.83. The van der Waals surface area contributed by atoms with E-state index in [2.05, 4.69) is 73.4 Å². The third-order valence-corrected chi connectivity index (χ3v) is 24.8. The highest BCUT2D eigenvalue weighted by Gasteiger charge is 2.45. The Labute approximate surface area is 789 Å². The number of hydrogen-bond acceptors (Lipinski definition) is 21. The second kappa shape index (κ2) is 52.7. The number of aliphatic hydroxyl groups is 1. The van der Waals surface area contributed by atoms with E-state index in [-0.39, 0.29) is 83.2 Å². The van der Waals surface area contributed by atoms with E-state index < -0.39 is 228 Å². The van der Waals surface area contributed by atoms with E-state index in [9.17, 15) is 57.8 Å². The number of fused-ring (bicyclic) bond motifs is 2. The number of nitrogens with two attached hydrogens (primary N) is 2. The second-order valence-corrected chi connectivity index (χ2v) is 35.6. The Kier molecular flexibility index (Phi) is 41.7. The van der Waals surface area contributed by atoms with Gasteiger partial charge in [-0.15, -0.1) is 11.8 Å². The summed E-state index contributed by atoms with van der Waals surface area (Å²) in [6.07, 6.45) is 4.90. The number of H-pyrrole nitrogens is 2. The number of Topliss-reactive ketones (excluding diaryl/α,β-unsaturated/α-hetero) is 1. The molecule has 6 aromatic rings. The summed E-state index contributed by atoms with van der Waals surface area (Å²) in [6, 6.07) is 13.2. The molecule has 0 aliphatic carbocycles. The molecule has 2 aliphatic heterocycles. The molecule has 730 valence electrons. The van der Waals surface area contributed by atoms with Crippen molar-refractivity contribution in [3.05, 3.63) is 162 Å². The number of likely N-dealkylation sites (N-methyl/N-ethyl adjacent to an activating group) is 4. The molecule has 0 spiro atoms. The molecule has 2 fully saturated rings. The summed E-state index contributed by atoms with van der Waals surface area (Å²) in [5.41, 5.74) is 14.2. The van der Waals surface area contributed by atoms with Crippen LogP contribution in [0.15, 0.2) is 134 Å². The van der Waals surface area contributed by atoms with Crippen molar-refractivity contribution >= 4 is 129 Å². The van der Waals surface area contributed by atoms with Crippen LogP contribution in [0.4, 0.5) is 0 Å². The Balaban J connectivity index is 1.21. The molecule has 41 heteroatoms. The summed E-state index contributed by atoms with van der Waals surface area (Å²) in [5.74, 6) is -17.5. The first kappa shape index (κ1) is 107. The molecule has 4 heterocycles. The standard InChI is InChI=1S/C94H130N22O18S/c1-11-13-37-73-87(128)105-65(36-26-40-99-94(96)97)83(124)110-72(82(123)101-49-76(95)119)52-135-53-78(121)104-70(44-58-28-18-15-19-29-58)90(131)113(8)57(6)81(122)107-69(43-56(5)118)91(132)116-41-27-39-74(116)88(129)106-67(46-62-48-98-54-102-62)85(126)108-68(42-55(3)4)89(130)112(7)50-77(120)103-66(45-61-47-100-64-35-25-24-34-63(61)64)84(125)109-71(51-117)86(127)111-80(93(134)115(10)75(38-14-12-2)92(133)114(73)9)79(59-30-20-16-21-31-59)60-32-22-17-23-33-60/h15-25,28-35,47-48,54-55,57,65-75,79-80,100,117H,11-14,26-27,36-46,49-53H2,1-10H3,(H2,95,119)(H,98,102)(H,101,123)(H,103,120)(H,104,121)(H,105,128)(H,106,129)(H,107,122)(H,108,126)(H,109,125)(H,110,124)(H,111,127)(H4,96,97,99)/t57-,65-,66-,67-,68-,69-,70-,71?,72?,73-,74-,75-,80-/m0/s1. The zero-order chi connectivity index (χ0) is 98.7. The van der Waals surface area contributed by atoms with Crippen LogP contribution in [0.25, 0.3) is 10.9 Å². The lowest BCUT2D eigenvalue weighted by Crippen LogP contribution is -2.62. The number of hydrogen-bond donors (Lipinski definition) is 17. The zero-order valence-corrected chi connectivity index (χ0v) is 78.9. The zero-order valence-electron chi connectivity index (χ0n) is 78.1. The lowest BCUT2D eigenvalue weighted by Gasteiger charge is -2.38. The Bertz CT molecular complexity index is 5050. The third-order valence-electron chi connectivity index (χ3n) is 23.7. The van der Waals surface area contributed by atoms with Gasteiger partial charge in [0, 0.05) is 108 Å². The van der Waals surface area contributed by atoms with Crippen molar-refractivity contribution in [1.82, 2.24) is 97.9 Å². The molecular formula is C94H130N22O18S. The highest BCUT2D eigenvalue weighted by Crippen LogP contribution is 2.32. The number of ketones is 1. The molecular weight excluding hydrogens is 1760 g/mol. The summed E-state index contributed by atoms with van der Waals surface area (Å²) in [6.45, 7) is 7.20. The Morgan fingerprint density at radius 1 is 0.563 bits per heavy atom. The van der Waals surface area contributed by atoms with E-state index in [0.717, 1.165) is 21.6 Å². The van der Waals surface area contributed by atoms with Gasteiger partial charge in [0.25, 0.3) is 0 Å². The first-order valence-electron chi connectivity index (χ1n) is 45.5. The molecule has 135 heavy (non-hydrogen) atoms. The van der Waals surface area contributed by atoms with E-state index in [1.807, 2.05) is 13.8 Å². The number of para-hydroxylation sites is 1. The fraction of sp³-hybridized carbons (Fsp3) is 0.500. The van der Waals surface area contributed by atoms with Crippen LogP contribution < -0.4 is 70.0 Å². The van der Waals surface area contributed by atoms with Gasteiger partial charge < -0.3 is 110 Å². The molecule has 0 radical (unpaired) electrons. The van der Waals surface area contributed by atoms with Gasteiger partial charge in [-0.05, 0) is 93.0 Å². The predicted octanol–water partition coefficient (Wildman–Crippen LogP) is 0.0740. The Morgan fingerprint density at radius 2 is 1.13 bits per heavy atom. The highest BCUT2D eigenvalue weighted by atomic mass is 32.2. The van der Waals surface area contributed by atoms with E-state index in [1.54, 1.807) is 135 Å². The minimum atomic E-state index is -1.88. The normalized spacial score (nSPS) is 23.2. The molecule has 19 N–H and O–H groups in total. The van der Waals surface area contributed by atoms with Gasteiger partial charge in [-0.3, -0.25) is 86.9 Å². The van der Waals surface area contributed by atoms with E-state index in [4.69, 9.17) is 16.9 Å². The van der Waals surface area contributed by atoms with Crippen molar-refractivity contribution in [3.63, 3.8) is 0 Å². The van der Waals surface area contributed by atoms with E-state index in [0.29, 0.717) is 64.5 Å². The Morgan fingerprint density at radius 3 is 1.74 bits per heavy atom. The van der Waals surface area contributed by atoms with Crippen molar-refractivity contribution in [3.8, 4) is 0 Å². The minimum absolute atomic E-state index is 0.000713. The SMILES string of the molecule is CCCC[C@H]1C(=O)N(C)[C@@H](CCCC)C(=O)N[C@@H](CCCNC(=N)N)C(=O)NC(C(=O)NCC(N)=O)CSCC(=O)N[C@@H](Cc2ccccc2)C(=O)N(C)[C@@H](C)C(=O)N[C@@H](CC(C)=O)C(=O)N2CCC[C@H]2C(=O)N[C@@H](Cc2cnc[nH]2)C(=O)N[C@@H](CC(C)C)C(=O)N(C)CC(=O)N[C@@H](Cc2c[nH]c3ccccc23)C(=O)NC(CO)C(=O)N[C@@H](C(c2ccccc2)c2ccccc2)C(=O)N1C. The maximum atomic E-state index is 16.2. The lowest BCUT2D eigenvalue weighted by molar-refractivity contribution is -0.149. The minimum Gasteiger partial charge on any atom is -0.394 e. The van der Waals surface area contributed by atoms with E-state index in [1.165, 1.54) is 69.3 Å². The van der Waals surface area contributed by atoms with Gasteiger partial charge in [0.15, 0.2) is 5.96 Å². The molecule has 4 aromatic carbocycles. The van der Waals surface area contributed by atoms with Crippen molar-refractivity contribution in [2.24, 2.45) is 17.4 Å². The predicted molar refractivity (Wildman–Crippen MR) is 504 cm³/mol. The number of aliphatic hydroxyl groups excluding tert-OH is 1. The summed E-state index contributed by atoms with van der Waals surface area (Å²) < 4.78 is 0. The first-order chi connectivity index (χ1) is 64.4. The highest BCUT2D eigenvalue weighted by molar-refractivity contribution is 8.00. The molecule has 0 saturated carbocycles. The molecule has 40 nitrogen and oxygen atoms in total. The number of benzene rings is 4. The maximum Gasteiger partial charge on any atom is 0.246 e. The smallest absolute Gasteiger partial charge is 0.246 e. The number of guanidine groups is 1. The molecule has 13 atom stereocenters. The number of imidazole rings is 1. The monoisotopic (exact) mass is 1890 g/mol. The van der Waals surface area contributed by atoms with E-state index >= 15 is 28.8 Å². The topological polar surface area (TPSA) is 579 Å². The molecule has 0 bridgehead atoms. The molecule has 8 rings (SSSR count). The van der Waals surface area contributed by atoms with Crippen LogP contribution in [0.5, 0.6) is 0 Å². The quantitative estimate of drug-likeness (QED) is 0.0184. The van der Waals surface area contributed by atoms with Crippen LogP contribution in [0.1, 0.15) is 152 Å². The average Bonchev–Trinajstić information content (AvgIpc) is 1.50. The molecule has 2 saturated heterocycles. The van der Waals surface area contributed by atoms with Crippen molar-refractivity contribution in [1.29, 1.82) is 5.41 Å². The molecule has 16 amide bonds. The van der Waals surface area contributed by atoms with Crippen LogP contribution in [-0.4, -0.2) is 302 Å². The van der Waals surface area contributed by atoms with Crippen molar-refractivity contribution < 1.29 is 86.6 Å². The van der Waals surface area contributed by atoms with Gasteiger partial charge in [0.1, 0.15) is 84.3 Å². The number of thioether (sulfide) groups is 1. The first-order valence-corrected chi connectivity index (χ1v) is 46.6. The fourth-order valence-electron chi connectivity index (χ4n) is 16.3. The van der Waals surface area contributed by atoms with Gasteiger partial charge in [-0.2, -0.15) is 0 Å². The number of rotatable bonds is 27. The number of amides is 16. The second-order valence-electron chi connectivity index (χ2n) is 34.6. The molecule has 2 unspecified atom stereocenters. The van der Waals surface area contributed by atoms with Gasteiger partial charge in [0.05, 0.1) is 31.8 Å². The van der Waals surface area contributed by atoms with Crippen molar-refractivity contribution in [2.45, 2.75) is 222 Å². The van der Waals surface area contributed by atoms with Gasteiger partial charge in [0.2, 0.25) is 94.5 Å². The van der Waals surface area contributed by atoms with Crippen LogP contribution in [0.2, 0.25) is 0 Å². The summed E-state index contributed by atoms with van der Waals surface area (Å²) in [7, 11) is 5.31. The van der Waals surface area contributed by atoms with Crippen LogP contribution in [0.3, 0.4) is 0 Å². The number of carbonyl (C=O) groups excluding carboxylic acids is 17. The van der Waals surface area contributed by atoms with Gasteiger partial charge in [-0.1, -0.05) is 163 Å². The molecule has 2 aromatic heterocycles. The van der Waals surface area contributed by atoms with Crippen LogP contribution >= 0.6 is 11.8 Å². The average molecular weight is 1890 g/mol. The maximum absolute atomic E-state index is 16.2. The van der Waals surface area contributed by atoms with Crippen molar-refractivity contribution in [2.75, 3.05) is 72.5 Å². The summed E-state index contributed by atoms with van der Waals surface area (Å²) in [4.78, 5) is 267. The number of unbranched alkanes of at least 4 members (excludes halogenated alkanes) is 2. The number of nitrogens with one attached hydrogen (secondary N) is 14. The molecule has 2 aliphatic rings. The largest absolute Gasteiger partial charge is 0.394 e. The van der Waals surface area contributed by atoms with Crippen LogP contribution in [0, 0.1) is 11.3 Å². The summed E-state index contributed by atoms with van der Waals surface area (Å²) >= 11 is 0.805. The Hall–Kier alpha value is -13.6.